The number of carbonyl (C=O) groups excluding carboxylic acids is 2. The number of thioether (sulfide) groups is 1. The zero-order chi connectivity index (χ0) is 19.7. The predicted molar refractivity (Wildman–Crippen MR) is 106 cm³/mol. The summed E-state index contributed by atoms with van der Waals surface area (Å²) in [6.45, 7) is 0.634. The topological polar surface area (TPSA) is 85.4 Å². The number of benzene rings is 1. The smallest absolute Gasteiger partial charge is 0.262 e. The van der Waals surface area contributed by atoms with Crippen LogP contribution in [0.25, 0.3) is 10.9 Å². The summed E-state index contributed by atoms with van der Waals surface area (Å²) in [6, 6.07) is 8.39. The number of likely N-dealkylation sites (tertiary alicyclic amines) is 1. The summed E-state index contributed by atoms with van der Waals surface area (Å²) in [6.07, 6.45) is 2.61. The van der Waals surface area contributed by atoms with Gasteiger partial charge in [0.2, 0.25) is 11.8 Å². The fraction of sp³-hybridized carbons (Fsp3) is 0.263. The van der Waals surface area contributed by atoms with E-state index in [-0.39, 0.29) is 29.7 Å². The third-order valence-electron chi connectivity index (χ3n) is 4.48. The quantitative estimate of drug-likeness (QED) is 0.468. The molecule has 0 atom stereocenters. The first-order valence-electron chi connectivity index (χ1n) is 8.71. The molecular formula is C19H16ClN3O4S. The minimum Gasteiger partial charge on any atom is -0.467 e. The van der Waals surface area contributed by atoms with Crippen molar-refractivity contribution in [3.05, 3.63) is 57.7 Å². The Morgan fingerprint density at radius 1 is 1.29 bits per heavy atom. The standard InChI is InChI=1S/C19H16ClN3O4S/c20-12-5-6-14-15(9-12)21-19(23(18(14)26)10-13-3-2-8-27-13)28-11-17(25)22-7-1-4-16(22)24/h2-3,5-6,8-9H,1,4,7,10-11H2. The highest BCUT2D eigenvalue weighted by Crippen LogP contribution is 2.22. The zero-order valence-corrected chi connectivity index (χ0v) is 16.3. The molecule has 0 spiro atoms. The lowest BCUT2D eigenvalue weighted by Crippen LogP contribution is -2.33. The normalized spacial score (nSPS) is 14.2. The first-order valence-corrected chi connectivity index (χ1v) is 10.1. The van der Waals surface area contributed by atoms with Gasteiger partial charge in [0.05, 0.1) is 29.5 Å². The fourth-order valence-electron chi connectivity index (χ4n) is 3.10. The van der Waals surface area contributed by atoms with Gasteiger partial charge in [-0.25, -0.2) is 4.98 Å². The molecule has 1 aliphatic heterocycles. The molecule has 0 bridgehead atoms. The van der Waals surface area contributed by atoms with Crippen molar-refractivity contribution in [1.29, 1.82) is 0 Å². The van der Waals surface area contributed by atoms with Crippen LogP contribution in [0.3, 0.4) is 0 Å². The van der Waals surface area contributed by atoms with E-state index >= 15 is 0 Å². The highest BCUT2D eigenvalue weighted by Gasteiger charge is 2.26. The van der Waals surface area contributed by atoms with Crippen molar-refractivity contribution in [2.24, 2.45) is 0 Å². The molecule has 3 heterocycles. The van der Waals surface area contributed by atoms with Crippen molar-refractivity contribution < 1.29 is 14.0 Å². The van der Waals surface area contributed by atoms with Gasteiger partial charge in [-0.1, -0.05) is 23.4 Å². The monoisotopic (exact) mass is 417 g/mol. The maximum Gasteiger partial charge on any atom is 0.262 e. The molecule has 4 rings (SSSR count). The van der Waals surface area contributed by atoms with Gasteiger partial charge in [-0.2, -0.15) is 0 Å². The van der Waals surface area contributed by atoms with Gasteiger partial charge in [-0.3, -0.25) is 23.9 Å². The summed E-state index contributed by atoms with van der Waals surface area (Å²) in [4.78, 5) is 43.0. The third-order valence-corrected chi connectivity index (χ3v) is 5.67. The Kier molecular flexibility index (Phi) is 5.23. The van der Waals surface area contributed by atoms with Gasteiger partial charge < -0.3 is 4.42 Å². The van der Waals surface area contributed by atoms with E-state index in [0.717, 1.165) is 11.8 Å². The summed E-state index contributed by atoms with van der Waals surface area (Å²) in [5.74, 6) is 0.178. The number of rotatable bonds is 5. The fourth-order valence-corrected chi connectivity index (χ4v) is 4.14. The molecule has 1 saturated heterocycles. The minimum absolute atomic E-state index is 0.0163. The van der Waals surface area contributed by atoms with E-state index in [9.17, 15) is 14.4 Å². The van der Waals surface area contributed by atoms with Gasteiger partial charge in [0, 0.05) is 18.0 Å². The van der Waals surface area contributed by atoms with Crippen LogP contribution in [0.15, 0.2) is 51.0 Å². The lowest BCUT2D eigenvalue weighted by molar-refractivity contribution is -0.140. The lowest BCUT2D eigenvalue weighted by Gasteiger charge is -2.15. The molecule has 3 aromatic rings. The Labute approximate surface area is 169 Å². The number of hydrogen-bond donors (Lipinski definition) is 0. The molecule has 0 saturated carbocycles. The van der Waals surface area contributed by atoms with E-state index in [1.54, 1.807) is 30.3 Å². The van der Waals surface area contributed by atoms with Crippen molar-refractivity contribution in [1.82, 2.24) is 14.5 Å². The number of imide groups is 1. The Balaban J connectivity index is 1.69. The van der Waals surface area contributed by atoms with Crippen LogP contribution in [-0.2, 0) is 16.1 Å². The largest absolute Gasteiger partial charge is 0.467 e. The van der Waals surface area contributed by atoms with Gasteiger partial charge in [-0.15, -0.1) is 0 Å². The molecule has 2 aromatic heterocycles. The average molecular weight is 418 g/mol. The number of fused-ring (bicyclic) bond motifs is 1. The summed E-state index contributed by atoms with van der Waals surface area (Å²) < 4.78 is 6.83. The maximum atomic E-state index is 13.0. The van der Waals surface area contributed by atoms with Gasteiger partial charge in [-0.05, 0) is 36.8 Å². The van der Waals surface area contributed by atoms with Gasteiger partial charge in [0.25, 0.3) is 5.56 Å². The molecule has 7 nitrogen and oxygen atoms in total. The molecule has 0 N–H and O–H groups in total. The number of aromatic nitrogens is 2. The number of hydrogen-bond acceptors (Lipinski definition) is 6. The predicted octanol–water partition coefficient (Wildman–Crippen LogP) is 2.93. The van der Waals surface area contributed by atoms with Crippen LogP contribution >= 0.6 is 23.4 Å². The van der Waals surface area contributed by atoms with Crippen molar-refractivity contribution in [3.63, 3.8) is 0 Å². The number of amides is 2. The van der Waals surface area contributed by atoms with Gasteiger partial charge in [0.1, 0.15) is 5.76 Å². The second-order valence-electron chi connectivity index (χ2n) is 6.36. The Hall–Kier alpha value is -2.58. The van der Waals surface area contributed by atoms with Crippen molar-refractivity contribution in [2.45, 2.75) is 24.5 Å². The third kappa shape index (κ3) is 3.70. The lowest BCUT2D eigenvalue weighted by atomic mass is 10.2. The molecule has 0 aliphatic carbocycles. The molecule has 2 amide bonds. The minimum atomic E-state index is -0.280. The van der Waals surface area contributed by atoms with Crippen LogP contribution in [0.5, 0.6) is 0 Å². The van der Waals surface area contributed by atoms with Crippen LogP contribution in [0.1, 0.15) is 18.6 Å². The number of carbonyl (C=O) groups is 2. The second-order valence-corrected chi connectivity index (χ2v) is 7.74. The highest BCUT2D eigenvalue weighted by atomic mass is 35.5. The highest BCUT2D eigenvalue weighted by molar-refractivity contribution is 7.99. The molecule has 1 aromatic carbocycles. The molecule has 1 fully saturated rings. The van der Waals surface area contributed by atoms with Gasteiger partial charge >= 0.3 is 0 Å². The van der Waals surface area contributed by atoms with E-state index < -0.39 is 0 Å². The van der Waals surface area contributed by atoms with Crippen LogP contribution in [0.4, 0.5) is 0 Å². The number of furan rings is 1. The van der Waals surface area contributed by atoms with Crippen LogP contribution < -0.4 is 5.56 Å². The summed E-state index contributed by atoms with van der Waals surface area (Å²) in [5, 5.41) is 1.27. The summed E-state index contributed by atoms with van der Waals surface area (Å²) in [7, 11) is 0. The summed E-state index contributed by atoms with van der Waals surface area (Å²) in [5.41, 5.74) is 0.214. The van der Waals surface area contributed by atoms with Crippen LogP contribution in [0.2, 0.25) is 5.02 Å². The van der Waals surface area contributed by atoms with E-state index in [0.29, 0.717) is 46.2 Å². The molecule has 9 heteroatoms. The first-order chi connectivity index (χ1) is 13.5. The summed E-state index contributed by atoms with van der Waals surface area (Å²) >= 11 is 7.16. The van der Waals surface area contributed by atoms with Crippen LogP contribution in [-0.4, -0.2) is 38.6 Å². The van der Waals surface area contributed by atoms with E-state index in [1.165, 1.54) is 15.7 Å². The molecule has 144 valence electrons. The molecule has 0 radical (unpaired) electrons. The SMILES string of the molecule is O=C1CCCN1C(=O)CSc1nc2cc(Cl)ccc2c(=O)n1Cc1ccco1. The maximum absolute atomic E-state index is 13.0. The van der Waals surface area contributed by atoms with Crippen LogP contribution in [0, 0.1) is 0 Å². The Morgan fingerprint density at radius 3 is 2.86 bits per heavy atom. The average Bonchev–Trinajstić information content (AvgIpc) is 3.33. The van der Waals surface area contributed by atoms with Crippen molar-refractivity contribution in [2.75, 3.05) is 12.3 Å². The Bertz CT molecular complexity index is 1110. The molecule has 28 heavy (non-hydrogen) atoms. The number of halogens is 1. The first kappa shape index (κ1) is 18.8. The van der Waals surface area contributed by atoms with E-state index in [4.69, 9.17) is 16.0 Å². The molecule has 1 aliphatic rings. The van der Waals surface area contributed by atoms with Gasteiger partial charge in [0.15, 0.2) is 5.16 Å². The van der Waals surface area contributed by atoms with Crippen molar-refractivity contribution in [3.8, 4) is 0 Å². The Morgan fingerprint density at radius 2 is 2.14 bits per heavy atom. The number of nitrogens with zero attached hydrogens (tertiary/aromatic N) is 3. The van der Waals surface area contributed by atoms with E-state index in [2.05, 4.69) is 4.98 Å². The zero-order valence-electron chi connectivity index (χ0n) is 14.8. The molecular weight excluding hydrogens is 402 g/mol. The van der Waals surface area contributed by atoms with E-state index in [1.807, 2.05) is 0 Å². The van der Waals surface area contributed by atoms with Crippen molar-refractivity contribution >= 4 is 46.1 Å². The second kappa shape index (κ2) is 7.81. The molecule has 0 unspecified atom stereocenters.